The summed E-state index contributed by atoms with van der Waals surface area (Å²) in [5.41, 5.74) is 3.39. The summed E-state index contributed by atoms with van der Waals surface area (Å²) < 4.78 is 6.44. The number of hydrogen-bond acceptors (Lipinski definition) is 6. The van der Waals surface area contributed by atoms with Gasteiger partial charge in [-0.15, -0.1) is 0 Å². The summed E-state index contributed by atoms with van der Waals surface area (Å²) in [5.74, 6) is 1.04. The number of carbonyl (C=O) groups is 2. The lowest BCUT2D eigenvalue weighted by Crippen LogP contribution is -2.52. The molecule has 1 aromatic rings. The van der Waals surface area contributed by atoms with Crippen LogP contribution in [-0.2, 0) is 4.79 Å². The fourth-order valence-corrected chi connectivity index (χ4v) is 5.72. The number of ether oxygens (including phenoxy) is 1. The van der Waals surface area contributed by atoms with Gasteiger partial charge in [0.25, 0.3) is 0 Å². The first-order valence-electron chi connectivity index (χ1n) is 10.2. The molecule has 0 aromatic heterocycles. The number of ketones is 1. The largest absolute Gasteiger partial charge is 0.486 e. The van der Waals surface area contributed by atoms with Gasteiger partial charge >= 0.3 is 0 Å². The van der Waals surface area contributed by atoms with E-state index in [9.17, 15) is 9.59 Å². The summed E-state index contributed by atoms with van der Waals surface area (Å²) in [6.45, 7) is 6.95. The normalized spacial score (nSPS) is 22.2. The summed E-state index contributed by atoms with van der Waals surface area (Å²) in [4.78, 5) is 34.2. The zero-order valence-electron chi connectivity index (χ0n) is 16.9. The van der Waals surface area contributed by atoms with Crippen molar-refractivity contribution in [3.05, 3.63) is 39.9 Å². The van der Waals surface area contributed by atoms with E-state index in [2.05, 4.69) is 16.0 Å². The van der Waals surface area contributed by atoms with Crippen molar-refractivity contribution < 1.29 is 14.3 Å². The Balaban J connectivity index is 1.25. The minimum atomic E-state index is -0.474. The topological polar surface area (TPSA) is 62.2 Å². The number of Topliss-reactive ketones (excluding diaryl/α,β-unsaturated/α-hetero) is 1. The molecule has 4 heterocycles. The highest BCUT2D eigenvalue weighted by atomic mass is 32.2. The summed E-state index contributed by atoms with van der Waals surface area (Å²) in [7, 11) is 0. The molecule has 5 rings (SSSR count). The van der Waals surface area contributed by atoms with E-state index in [0.29, 0.717) is 44.3 Å². The van der Waals surface area contributed by atoms with E-state index in [0.717, 1.165) is 40.8 Å². The second-order valence-electron chi connectivity index (χ2n) is 8.44. The summed E-state index contributed by atoms with van der Waals surface area (Å²) in [5, 5.41) is 3.06. The molecule has 0 atom stereocenters. The fourth-order valence-electron chi connectivity index (χ4n) is 4.76. The highest BCUT2D eigenvalue weighted by Gasteiger charge is 2.44. The smallest absolute Gasteiger partial charge is 0.228 e. The monoisotopic (exact) mass is 411 g/mol. The third-order valence-corrected chi connectivity index (χ3v) is 7.28. The minimum Gasteiger partial charge on any atom is -0.486 e. The second-order valence-corrected chi connectivity index (χ2v) is 9.28. The van der Waals surface area contributed by atoms with Crippen molar-refractivity contribution in [2.24, 2.45) is 4.99 Å². The molecule has 0 unspecified atom stereocenters. The van der Waals surface area contributed by atoms with Gasteiger partial charge in [-0.3, -0.25) is 14.6 Å². The van der Waals surface area contributed by atoms with Gasteiger partial charge in [0.05, 0.1) is 24.9 Å². The number of fused-ring (bicyclic) bond motifs is 2. The lowest BCUT2D eigenvalue weighted by molar-refractivity contribution is -0.134. The van der Waals surface area contributed by atoms with Gasteiger partial charge in [-0.25, -0.2) is 0 Å². The Kier molecular flexibility index (Phi) is 4.46. The fraction of sp³-hybridized carbons (Fsp3) is 0.500. The molecule has 29 heavy (non-hydrogen) atoms. The van der Waals surface area contributed by atoms with Gasteiger partial charge in [0.2, 0.25) is 5.91 Å². The molecule has 1 spiro atoms. The molecule has 1 saturated heterocycles. The molecule has 4 aliphatic rings. The van der Waals surface area contributed by atoms with E-state index in [1.165, 1.54) is 0 Å². The average molecular weight is 412 g/mol. The molecule has 0 N–H and O–H groups in total. The molecule has 152 valence electrons. The van der Waals surface area contributed by atoms with Crippen LogP contribution in [0.4, 0.5) is 0 Å². The number of benzene rings is 1. The van der Waals surface area contributed by atoms with Crippen LogP contribution < -0.4 is 4.74 Å². The predicted octanol–water partition coefficient (Wildman–Crippen LogP) is 3.28. The van der Waals surface area contributed by atoms with Gasteiger partial charge < -0.3 is 14.5 Å². The first-order chi connectivity index (χ1) is 13.9. The SMILES string of the molecule is Cc1cc(C)c2c(c1)C(=O)CC1(CCN(C(=O)CC3=CSC4=NCCN34)CC1)O2. The zero-order chi connectivity index (χ0) is 20.2. The standard InChI is InChI=1S/C22H25N3O3S/c1-14-9-15(2)20-17(10-14)18(26)12-22(28-20)3-6-24(7-4-22)19(27)11-16-13-29-21-23-5-8-25(16)21/h9-10,13H,3-8,11-12H2,1-2H3. The number of thioether (sulfide) groups is 1. The van der Waals surface area contributed by atoms with Crippen LogP contribution in [0.1, 0.15) is 47.2 Å². The third-order valence-electron chi connectivity index (χ3n) is 6.33. The molecule has 1 fully saturated rings. The Bertz CT molecular complexity index is 960. The molecule has 0 saturated carbocycles. The minimum absolute atomic E-state index is 0.147. The Morgan fingerprint density at radius 2 is 2.03 bits per heavy atom. The summed E-state index contributed by atoms with van der Waals surface area (Å²) in [6.07, 6.45) is 2.21. The number of hydrogen-bond donors (Lipinski definition) is 0. The Morgan fingerprint density at radius 3 is 2.83 bits per heavy atom. The molecule has 0 aliphatic carbocycles. The van der Waals surface area contributed by atoms with Crippen molar-refractivity contribution in [2.45, 2.75) is 45.1 Å². The Morgan fingerprint density at radius 1 is 1.24 bits per heavy atom. The van der Waals surface area contributed by atoms with Crippen LogP contribution in [0.15, 0.2) is 28.2 Å². The molecule has 0 radical (unpaired) electrons. The second kappa shape index (κ2) is 6.90. The van der Waals surface area contributed by atoms with E-state index in [4.69, 9.17) is 4.74 Å². The first kappa shape index (κ1) is 18.7. The number of aryl methyl sites for hydroxylation is 2. The number of rotatable bonds is 2. The van der Waals surface area contributed by atoms with Crippen molar-refractivity contribution in [3.8, 4) is 5.75 Å². The van der Waals surface area contributed by atoms with E-state index in [1.54, 1.807) is 11.8 Å². The molecule has 0 bridgehead atoms. The lowest BCUT2D eigenvalue weighted by Gasteiger charge is -2.44. The molecule has 1 amide bonds. The van der Waals surface area contributed by atoms with Gasteiger partial charge in [-0.2, -0.15) is 0 Å². The number of carbonyl (C=O) groups excluding carboxylic acids is 2. The zero-order valence-corrected chi connectivity index (χ0v) is 17.7. The van der Waals surface area contributed by atoms with Gasteiger partial charge in [-0.05, 0) is 36.4 Å². The van der Waals surface area contributed by atoms with E-state index < -0.39 is 5.60 Å². The number of aliphatic imine (C=N–C) groups is 1. The number of likely N-dealkylation sites (tertiary alicyclic amines) is 1. The molecule has 7 heteroatoms. The lowest BCUT2D eigenvalue weighted by atomic mass is 9.81. The maximum Gasteiger partial charge on any atom is 0.228 e. The van der Waals surface area contributed by atoms with Crippen LogP contribution in [-0.4, -0.2) is 58.4 Å². The Labute approximate surface area is 175 Å². The van der Waals surface area contributed by atoms with E-state index in [1.807, 2.05) is 30.2 Å². The highest BCUT2D eigenvalue weighted by Crippen LogP contribution is 2.41. The van der Waals surface area contributed by atoms with Crippen molar-refractivity contribution in [1.82, 2.24) is 9.80 Å². The number of amidine groups is 1. The van der Waals surface area contributed by atoms with Crippen LogP contribution in [0.2, 0.25) is 0 Å². The average Bonchev–Trinajstić information content (AvgIpc) is 3.29. The van der Waals surface area contributed by atoms with Gasteiger partial charge in [0.1, 0.15) is 11.4 Å². The molecule has 4 aliphatic heterocycles. The molecular formula is C22H25N3O3S. The van der Waals surface area contributed by atoms with Crippen LogP contribution in [0.25, 0.3) is 0 Å². The maximum atomic E-state index is 12.9. The predicted molar refractivity (Wildman–Crippen MR) is 113 cm³/mol. The van der Waals surface area contributed by atoms with Crippen LogP contribution in [0.5, 0.6) is 5.75 Å². The summed E-state index contributed by atoms with van der Waals surface area (Å²) >= 11 is 1.61. The van der Waals surface area contributed by atoms with Crippen molar-refractivity contribution in [1.29, 1.82) is 0 Å². The molecule has 1 aromatic carbocycles. The number of amides is 1. The van der Waals surface area contributed by atoms with Crippen molar-refractivity contribution in [3.63, 3.8) is 0 Å². The molecule has 6 nitrogen and oxygen atoms in total. The molecular weight excluding hydrogens is 386 g/mol. The van der Waals surface area contributed by atoms with E-state index >= 15 is 0 Å². The van der Waals surface area contributed by atoms with Crippen molar-refractivity contribution in [2.75, 3.05) is 26.2 Å². The van der Waals surface area contributed by atoms with Gasteiger partial charge in [0.15, 0.2) is 11.0 Å². The van der Waals surface area contributed by atoms with Crippen molar-refractivity contribution >= 4 is 28.6 Å². The number of piperidine rings is 1. The highest BCUT2D eigenvalue weighted by molar-refractivity contribution is 8.16. The number of nitrogens with zero attached hydrogens (tertiary/aromatic N) is 3. The Hall–Kier alpha value is -2.28. The van der Waals surface area contributed by atoms with E-state index in [-0.39, 0.29) is 11.7 Å². The quantitative estimate of drug-likeness (QED) is 0.747. The van der Waals surface area contributed by atoms with Gasteiger partial charge in [0, 0.05) is 38.2 Å². The van der Waals surface area contributed by atoms with Gasteiger partial charge in [-0.1, -0.05) is 17.8 Å². The third kappa shape index (κ3) is 3.25. The van der Waals surface area contributed by atoms with Crippen LogP contribution in [0.3, 0.4) is 0 Å². The van der Waals surface area contributed by atoms with Crippen LogP contribution in [0, 0.1) is 13.8 Å². The summed E-state index contributed by atoms with van der Waals surface area (Å²) in [6, 6.07) is 3.99. The van der Waals surface area contributed by atoms with Crippen LogP contribution >= 0.6 is 11.8 Å². The first-order valence-corrected chi connectivity index (χ1v) is 11.1. The maximum absolute atomic E-state index is 12.9.